The number of rotatable bonds is 4. The zero-order valence-electron chi connectivity index (χ0n) is 12.4. The minimum atomic E-state index is 0. The lowest BCUT2D eigenvalue weighted by atomic mass is 10.0. The first kappa shape index (κ1) is 16.0. The number of nitrogens with one attached hydrogen (secondary N) is 2. The second-order valence-corrected chi connectivity index (χ2v) is 5.50. The monoisotopic (exact) mass is 306 g/mol. The second-order valence-electron chi connectivity index (χ2n) is 5.50. The summed E-state index contributed by atoms with van der Waals surface area (Å²) < 4.78 is 0. The van der Waals surface area contributed by atoms with Crippen LogP contribution in [0.15, 0.2) is 36.5 Å². The average Bonchev–Trinajstić information content (AvgIpc) is 2.96. The van der Waals surface area contributed by atoms with Gasteiger partial charge in [0.05, 0.1) is 11.9 Å². The highest BCUT2D eigenvalue weighted by Crippen LogP contribution is 2.23. The molecular weight excluding hydrogens is 284 g/mol. The van der Waals surface area contributed by atoms with Crippen LogP contribution in [0, 0.1) is 0 Å². The molecule has 1 saturated heterocycles. The number of nitrogens with zero attached hydrogens (tertiary/aromatic N) is 2. The molecule has 1 aromatic heterocycles. The van der Waals surface area contributed by atoms with Crippen LogP contribution in [0.4, 0.5) is 0 Å². The topological polar surface area (TPSA) is 44.0 Å². The van der Waals surface area contributed by atoms with Gasteiger partial charge < -0.3 is 5.32 Å². The maximum atomic E-state index is 4.24. The van der Waals surface area contributed by atoms with Crippen molar-refractivity contribution in [3.63, 3.8) is 0 Å². The van der Waals surface area contributed by atoms with Gasteiger partial charge in [-0.2, -0.15) is 5.10 Å². The lowest BCUT2D eigenvalue weighted by Crippen LogP contribution is -2.43. The third-order valence-electron chi connectivity index (χ3n) is 4.09. The van der Waals surface area contributed by atoms with E-state index in [0.29, 0.717) is 6.04 Å². The van der Waals surface area contributed by atoms with Crippen molar-refractivity contribution in [3.8, 4) is 11.3 Å². The van der Waals surface area contributed by atoms with E-state index >= 15 is 0 Å². The Morgan fingerprint density at radius 1 is 1.33 bits per heavy atom. The number of aromatic amines is 1. The van der Waals surface area contributed by atoms with Gasteiger partial charge >= 0.3 is 0 Å². The van der Waals surface area contributed by atoms with Crippen LogP contribution in [0.3, 0.4) is 0 Å². The fourth-order valence-electron chi connectivity index (χ4n) is 2.96. The van der Waals surface area contributed by atoms with Crippen molar-refractivity contribution in [2.75, 3.05) is 20.1 Å². The maximum Gasteiger partial charge on any atom is 0.0695 e. The Bertz CT molecular complexity index is 540. The van der Waals surface area contributed by atoms with Crippen molar-refractivity contribution in [3.05, 3.63) is 42.1 Å². The molecule has 1 fully saturated rings. The summed E-state index contributed by atoms with van der Waals surface area (Å²) in [5.41, 5.74) is 3.65. The van der Waals surface area contributed by atoms with E-state index in [4.69, 9.17) is 0 Å². The van der Waals surface area contributed by atoms with Crippen molar-refractivity contribution in [1.82, 2.24) is 20.4 Å². The van der Waals surface area contributed by atoms with Crippen LogP contribution in [-0.2, 0) is 6.54 Å². The molecule has 21 heavy (non-hydrogen) atoms. The fraction of sp³-hybridized carbons (Fsp3) is 0.438. The highest BCUT2D eigenvalue weighted by atomic mass is 35.5. The van der Waals surface area contributed by atoms with E-state index in [-0.39, 0.29) is 12.4 Å². The van der Waals surface area contributed by atoms with Crippen molar-refractivity contribution in [2.24, 2.45) is 0 Å². The van der Waals surface area contributed by atoms with Crippen molar-refractivity contribution < 1.29 is 0 Å². The number of benzene rings is 1. The number of hydrogen-bond acceptors (Lipinski definition) is 3. The number of hydrogen-bond donors (Lipinski definition) is 2. The SMILES string of the molecule is CNC1CCCN(Cc2cn[nH]c2-c2ccccc2)C1.Cl. The summed E-state index contributed by atoms with van der Waals surface area (Å²) in [6.07, 6.45) is 4.51. The molecule has 1 atom stereocenters. The number of aromatic nitrogens is 2. The lowest BCUT2D eigenvalue weighted by molar-refractivity contribution is 0.188. The molecule has 0 amide bonds. The second kappa shape index (κ2) is 7.59. The summed E-state index contributed by atoms with van der Waals surface area (Å²) >= 11 is 0. The molecule has 1 aromatic carbocycles. The number of piperidine rings is 1. The minimum Gasteiger partial charge on any atom is -0.316 e. The predicted molar refractivity (Wildman–Crippen MR) is 88.6 cm³/mol. The van der Waals surface area contributed by atoms with E-state index in [0.717, 1.165) is 18.8 Å². The summed E-state index contributed by atoms with van der Waals surface area (Å²) in [4.78, 5) is 2.52. The third kappa shape index (κ3) is 3.84. The smallest absolute Gasteiger partial charge is 0.0695 e. The summed E-state index contributed by atoms with van der Waals surface area (Å²) in [5.74, 6) is 0. The van der Waals surface area contributed by atoms with Gasteiger partial charge in [0.25, 0.3) is 0 Å². The molecule has 3 rings (SSSR count). The van der Waals surface area contributed by atoms with Crippen LogP contribution in [0.25, 0.3) is 11.3 Å². The molecule has 0 radical (unpaired) electrons. The third-order valence-corrected chi connectivity index (χ3v) is 4.09. The zero-order valence-corrected chi connectivity index (χ0v) is 13.2. The van der Waals surface area contributed by atoms with E-state index in [1.54, 1.807) is 0 Å². The largest absolute Gasteiger partial charge is 0.316 e. The van der Waals surface area contributed by atoms with Crippen LogP contribution < -0.4 is 5.32 Å². The first-order valence-corrected chi connectivity index (χ1v) is 7.34. The Morgan fingerprint density at radius 3 is 2.90 bits per heavy atom. The Morgan fingerprint density at radius 2 is 2.14 bits per heavy atom. The van der Waals surface area contributed by atoms with Crippen LogP contribution in [0.1, 0.15) is 18.4 Å². The van der Waals surface area contributed by atoms with E-state index < -0.39 is 0 Å². The van der Waals surface area contributed by atoms with Crippen LogP contribution >= 0.6 is 12.4 Å². The molecule has 1 unspecified atom stereocenters. The van der Waals surface area contributed by atoms with Crippen LogP contribution in [0.5, 0.6) is 0 Å². The first-order chi connectivity index (χ1) is 9.86. The van der Waals surface area contributed by atoms with Gasteiger partial charge in [-0.25, -0.2) is 0 Å². The molecule has 114 valence electrons. The molecule has 0 spiro atoms. The van der Waals surface area contributed by atoms with Gasteiger partial charge in [-0.05, 0) is 32.0 Å². The van der Waals surface area contributed by atoms with Gasteiger partial charge in [-0.15, -0.1) is 12.4 Å². The van der Waals surface area contributed by atoms with Crippen molar-refractivity contribution in [1.29, 1.82) is 0 Å². The number of likely N-dealkylation sites (tertiary alicyclic amines) is 1. The summed E-state index contributed by atoms with van der Waals surface area (Å²) in [7, 11) is 2.06. The van der Waals surface area contributed by atoms with Gasteiger partial charge in [-0.3, -0.25) is 10.00 Å². The highest BCUT2D eigenvalue weighted by Gasteiger charge is 2.20. The Balaban J connectivity index is 0.00000161. The van der Waals surface area contributed by atoms with Crippen molar-refractivity contribution >= 4 is 12.4 Å². The average molecular weight is 307 g/mol. The summed E-state index contributed by atoms with van der Waals surface area (Å²) in [5, 5.41) is 10.8. The summed E-state index contributed by atoms with van der Waals surface area (Å²) in [6.45, 7) is 3.27. The van der Waals surface area contributed by atoms with Gasteiger partial charge in [0, 0.05) is 24.7 Å². The van der Waals surface area contributed by atoms with E-state index in [9.17, 15) is 0 Å². The Labute approximate surface area is 132 Å². The van der Waals surface area contributed by atoms with Gasteiger partial charge in [-0.1, -0.05) is 30.3 Å². The quantitative estimate of drug-likeness (QED) is 0.913. The zero-order chi connectivity index (χ0) is 13.8. The maximum absolute atomic E-state index is 4.24. The highest BCUT2D eigenvalue weighted by molar-refractivity contribution is 5.85. The molecule has 2 heterocycles. The normalized spacial score (nSPS) is 19.2. The van der Waals surface area contributed by atoms with Gasteiger partial charge in [0.15, 0.2) is 0 Å². The molecular formula is C16H23ClN4. The minimum absolute atomic E-state index is 0. The molecule has 1 aliphatic rings. The molecule has 0 saturated carbocycles. The van der Waals surface area contributed by atoms with Gasteiger partial charge in [0.2, 0.25) is 0 Å². The lowest BCUT2D eigenvalue weighted by Gasteiger charge is -2.32. The first-order valence-electron chi connectivity index (χ1n) is 7.34. The molecule has 1 aliphatic heterocycles. The Kier molecular flexibility index (Phi) is 5.79. The summed E-state index contributed by atoms with van der Waals surface area (Å²) in [6, 6.07) is 11.1. The van der Waals surface area contributed by atoms with Gasteiger partial charge in [0.1, 0.15) is 0 Å². The molecule has 0 aliphatic carbocycles. The van der Waals surface area contributed by atoms with Crippen LogP contribution in [0.2, 0.25) is 0 Å². The molecule has 2 aromatic rings. The van der Waals surface area contributed by atoms with Crippen LogP contribution in [-0.4, -0.2) is 41.3 Å². The molecule has 4 nitrogen and oxygen atoms in total. The fourth-order valence-corrected chi connectivity index (χ4v) is 2.96. The Hall–Kier alpha value is -1.36. The van der Waals surface area contributed by atoms with Crippen molar-refractivity contribution in [2.45, 2.75) is 25.4 Å². The molecule has 5 heteroatoms. The number of halogens is 1. The van der Waals surface area contributed by atoms with E-state index in [1.165, 1.54) is 30.5 Å². The molecule has 2 N–H and O–H groups in total. The predicted octanol–water partition coefficient (Wildman–Crippen LogP) is 2.68. The molecule has 0 bridgehead atoms. The van der Waals surface area contributed by atoms with E-state index in [1.807, 2.05) is 12.3 Å². The standard InChI is InChI=1S/C16H22N4.ClH/c1-17-15-8-5-9-20(12-15)11-14-10-18-19-16(14)13-6-3-2-4-7-13;/h2-4,6-7,10,15,17H,5,8-9,11-12H2,1H3,(H,18,19);1H. The number of H-pyrrole nitrogens is 1. The van der Waals surface area contributed by atoms with E-state index in [2.05, 4.69) is 51.7 Å². The number of likely N-dealkylation sites (N-methyl/N-ethyl adjacent to an activating group) is 1.